The summed E-state index contributed by atoms with van der Waals surface area (Å²) in [5.74, 6) is -0.880. The van der Waals surface area contributed by atoms with Crippen molar-refractivity contribution in [1.82, 2.24) is 4.34 Å². The fourth-order valence-corrected chi connectivity index (χ4v) is 0.210. The molecule has 0 aromatic carbocycles. The molecule has 0 aromatic heterocycles. The molecule has 48 valence electrons. The fraction of sp³-hybridized carbons (Fsp3) is 0.750. The standard InChI is InChI=1S/C4H8BrNO2/c1-4(2,6-5)3(7)8/h6H,1-2H3,(H,7,8). The summed E-state index contributed by atoms with van der Waals surface area (Å²) in [6.07, 6.45) is 0. The highest BCUT2D eigenvalue weighted by molar-refractivity contribution is 9.08. The molecule has 0 rings (SSSR count). The first kappa shape index (κ1) is 7.91. The Hall–Kier alpha value is -0.0900. The molecule has 0 amide bonds. The molecule has 0 fully saturated rings. The average Bonchev–Trinajstić information content (AvgIpc) is 1.67. The maximum atomic E-state index is 10.2. The van der Waals surface area contributed by atoms with E-state index in [4.69, 9.17) is 5.11 Å². The van der Waals surface area contributed by atoms with Crippen LogP contribution in [0.3, 0.4) is 0 Å². The minimum atomic E-state index is -0.880. The first-order valence-corrected chi connectivity index (χ1v) is 2.91. The van der Waals surface area contributed by atoms with Crippen LogP contribution in [0.1, 0.15) is 13.8 Å². The van der Waals surface area contributed by atoms with Crippen molar-refractivity contribution in [1.29, 1.82) is 0 Å². The van der Waals surface area contributed by atoms with E-state index in [0.717, 1.165) is 0 Å². The van der Waals surface area contributed by atoms with Crippen molar-refractivity contribution in [3.63, 3.8) is 0 Å². The van der Waals surface area contributed by atoms with E-state index >= 15 is 0 Å². The molecular weight excluding hydrogens is 174 g/mol. The smallest absolute Gasteiger partial charge is 0.324 e. The monoisotopic (exact) mass is 181 g/mol. The van der Waals surface area contributed by atoms with Gasteiger partial charge in [0.25, 0.3) is 0 Å². The molecule has 8 heavy (non-hydrogen) atoms. The normalized spacial score (nSPS) is 11.4. The third-order valence-electron chi connectivity index (χ3n) is 0.771. The van der Waals surface area contributed by atoms with E-state index in [0.29, 0.717) is 0 Å². The Bertz CT molecular complexity index is 102. The number of rotatable bonds is 2. The Balaban J connectivity index is 3.91. The third-order valence-corrected chi connectivity index (χ3v) is 1.76. The summed E-state index contributed by atoms with van der Waals surface area (Å²) in [6.45, 7) is 3.12. The molecule has 0 spiro atoms. The van der Waals surface area contributed by atoms with Gasteiger partial charge in [0.15, 0.2) is 0 Å². The Morgan fingerprint density at radius 1 is 1.75 bits per heavy atom. The predicted octanol–water partition coefficient (Wildman–Crippen LogP) is 0.749. The van der Waals surface area contributed by atoms with Crippen molar-refractivity contribution in [2.75, 3.05) is 0 Å². The van der Waals surface area contributed by atoms with Crippen molar-refractivity contribution < 1.29 is 9.90 Å². The van der Waals surface area contributed by atoms with Crippen molar-refractivity contribution in [3.8, 4) is 0 Å². The van der Waals surface area contributed by atoms with Crippen LogP contribution in [-0.2, 0) is 4.79 Å². The van der Waals surface area contributed by atoms with Gasteiger partial charge in [-0.25, -0.2) is 4.34 Å². The van der Waals surface area contributed by atoms with E-state index in [2.05, 4.69) is 20.5 Å². The molecule has 0 atom stereocenters. The number of halogens is 1. The van der Waals surface area contributed by atoms with Gasteiger partial charge in [0.05, 0.1) is 0 Å². The number of carboxylic acid groups (broad SMARTS) is 1. The maximum absolute atomic E-state index is 10.2. The largest absolute Gasteiger partial charge is 0.480 e. The zero-order valence-electron chi connectivity index (χ0n) is 4.73. The Morgan fingerprint density at radius 3 is 2.12 bits per heavy atom. The van der Waals surface area contributed by atoms with E-state index in [9.17, 15) is 4.79 Å². The SMILES string of the molecule is CC(C)(NBr)C(=O)O. The lowest BCUT2D eigenvalue weighted by Gasteiger charge is -2.14. The van der Waals surface area contributed by atoms with Crippen LogP contribution in [-0.4, -0.2) is 16.6 Å². The molecule has 0 saturated carbocycles. The van der Waals surface area contributed by atoms with Gasteiger partial charge in [-0.2, -0.15) is 0 Å². The molecule has 0 saturated heterocycles. The van der Waals surface area contributed by atoms with E-state index in [-0.39, 0.29) is 0 Å². The predicted molar refractivity (Wildman–Crippen MR) is 33.8 cm³/mol. The minimum Gasteiger partial charge on any atom is -0.480 e. The summed E-state index contributed by atoms with van der Waals surface area (Å²) in [6, 6.07) is 0. The van der Waals surface area contributed by atoms with Crippen LogP contribution in [0.15, 0.2) is 0 Å². The number of carboxylic acids is 1. The second-order valence-electron chi connectivity index (χ2n) is 2.02. The Morgan fingerprint density at radius 2 is 2.12 bits per heavy atom. The molecule has 0 radical (unpaired) electrons. The van der Waals surface area contributed by atoms with Crippen molar-refractivity contribution >= 4 is 22.1 Å². The topological polar surface area (TPSA) is 49.3 Å². The molecule has 0 unspecified atom stereocenters. The quantitative estimate of drug-likeness (QED) is 0.619. The first-order valence-electron chi connectivity index (χ1n) is 2.12. The highest BCUT2D eigenvalue weighted by atomic mass is 79.9. The zero-order valence-corrected chi connectivity index (χ0v) is 6.32. The zero-order chi connectivity index (χ0) is 6.78. The first-order chi connectivity index (χ1) is 3.50. The molecule has 0 aliphatic rings. The van der Waals surface area contributed by atoms with Crippen LogP contribution in [0.25, 0.3) is 0 Å². The van der Waals surface area contributed by atoms with E-state index in [1.165, 1.54) is 0 Å². The van der Waals surface area contributed by atoms with E-state index < -0.39 is 11.5 Å². The van der Waals surface area contributed by atoms with Crippen molar-refractivity contribution in [2.45, 2.75) is 19.4 Å². The third kappa shape index (κ3) is 1.79. The lowest BCUT2D eigenvalue weighted by Crippen LogP contribution is -2.41. The molecule has 0 aliphatic heterocycles. The maximum Gasteiger partial charge on any atom is 0.324 e. The average molecular weight is 182 g/mol. The van der Waals surface area contributed by atoms with Crippen LogP contribution < -0.4 is 4.34 Å². The highest BCUT2D eigenvalue weighted by Gasteiger charge is 2.24. The van der Waals surface area contributed by atoms with Gasteiger partial charge < -0.3 is 5.11 Å². The van der Waals surface area contributed by atoms with Gasteiger partial charge in [-0.3, -0.25) is 4.79 Å². The summed E-state index contributed by atoms with van der Waals surface area (Å²) < 4.78 is 2.45. The van der Waals surface area contributed by atoms with E-state index in [1.54, 1.807) is 13.8 Å². The van der Waals surface area contributed by atoms with Gasteiger partial charge in [-0.1, -0.05) is 0 Å². The number of nitrogens with one attached hydrogen (secondary N) is 1. The van der Waals surface area contributed by atoms with Crippen LogP contribution in [0, 0.1) is 0 Å². The Labute approximate surface area is 56.4 Å². The van der Waals surface area contributed by atoms with Crippen LogP contribution in [0.5, 0.6) is 0 Å². The number of aliphatic carboxylic acids is 1. The molecule has 0 aromatic rings. The van der Waals surface area contributed by atoms with Crippen LogP contribution in [0.2, 0.25) is 0 Å². The van der Waals surface area contributed by atoms with Gasteiger partial charge in [-0.15, -0.1) is 0 Å². The fourth-order valence-electron chi connectivity index (χ4n) is 0.0404. The Kier molecular flexibility index (Phi) is 2.43. The van der Waals surface area contributed by atoms with Gasteiger partial charge in [0.1, 0.15) is 5.54 Å². The summed E-state index contributed by atoms with van der Waals surface area (Å²) >= 11 is 2.84. The molecule has 0 heterocycles. The lowest BCUT2D eigenvalue weighted by atomic mass is 10.1. The summed E-state index contributed by atoms with van der Waals surface area (Å²) in [5.41, 5.74) is -0.875. The number of carbonyl (C=O) groups is 1. The molecule has 3 nitrogen and oxygen atoms in total. The highest BCUT2D eigenvalue weighted by Crippen LogP contribution is 2.02. The van der Waals surface area contributed by atoms with Gasteiger partial charge in [0.2, 0.25) is 0 Å². The molecule has 0 aliphatic carbocycles. The van der Waals surface area contributed by atoms with Crippen molar-refractivity contribution in [2.24, 2.45) is 0 Å². The molecule has 2 N–H and O–H groups in total. The van der Waals surface area contributed by atoms with Gasteiger partial charge >= 0.3 is 5.97 Å². The summed E-state index contributed by atoms with van der Waals surface area (Å²) in [7, 11) is 0. The molecule has 0 bridgehead atoms. The van der Waals surface area contributed by atoms with Crippen LogP contribution >= 0.6 is 16.1 Å². The van der Waals surface area contributed by atoms with Gasteiger partial charge in [-0.05, 0) is 13.8 Å². The molecular formula is C4H8BrNO2. The summed E-state index contributed by atoms with van der Waals surface area (Å²) in [4.78, 5) is 10.2. The number of hydrogen-bond donors (Lipinski definition) is 2. The van der Waals surface area contributed by atoms with Crippen molar-refractivity contribution in [3.05, 3.63) is 0 Å². The molecule has 4 heteroatoms. The van der Waals surface area contributed by atoms with Crippen LogP contribution in [0.4, 0.5) is 0 Å². The second kappa shape index (κ2) is 2.46. The van der Waals surface area contributed by atoms with E-state index in [1.807, 2.05) is 0 Å². The summed E-state index contributed by atoms with van der Waals surface area (Å²) in [5, 5.41) is 8.35. The minimum absolute atomic E-state index is 0.875. The lowest BCUT2D eigenvalue weighted by molar-refractivity contribution is -0.142. The number of hydrogen-bond acceptors (Lipinski definition) is 2. The van der Waals surface area contributed by atoms with Gasteiger partial charge in [0, 0.05) is 16.1 Å². The second-order valence-corrected chi connectivity index (χ2v) is 2.42.